The number of carbonyl (C=O) groups is 1. The fraction of sp³-hybridized carbons (Fsp3) is 0.118. The zero-order chi connectivity index (χ0) is 16.9. The highest BCUT2D eigenvalue weighted by Crippen LogP contribution is 2.32. The van der Waals surface area contributed by atoms with Gasteiger partial charge in [0.1, 0.15) is 5.69 Å². The van der Waals surface area contributed by atoms with Crippen molar-refractivity contribution in [2.75, 3.05) is 11.9 Å². The number of aliphatic imine (C=N–C) groups is 1. The van der Waals surface area contributed by atoms with Crippen LogP contribution in [-0.2, 0) is 4.74 Å². The quantitative estimate of drug-likeness (QED) is 0.549. The number of nitrogens with zero attached hydrogens (tertiary/aromatic N) is 2. The summed E-state index contributed by atoms with van der Waals surface area (Å²) in [6.45, 7) is 2.31. The van der Waals surface area contributed by atoms with Gasteiger partial charge >= 0.3 is 0 Å². The maximum absolute atomic E-state index is 12.6. The summed E-state index contributed by atoms with van der Waals surface area (Å²) in [5.41, 5.74) is 1.25. The van der Waals surface area contributed by atoms with E-state index in [1.807, 2.05) is 6.92 Å². The maximum atomic E-state index is 12.6. The fourth-order valence-corrected chi connectivity index (χ4v) is 2.31. The van der Waals surface area contributed by atoms with Gasteiger partial charge in [0, 0.05) is 16.9 Å². The van der Waals surface area contributed by atoms with Gasteiger partial charge in [-0.3, -0.25) is 4.79 Å². The van der Waals surface area contributed by atoms with Crippen LogP contribution in [0.4, 0.5) is 11.4 Å². The molecule has 3 aromatic rings. The lowest BCUT2D eigenvalue weighted by Gasteiger charge is -2.04. The summed E-state index contributed by atoms with van der Waals surface area (Å²) >= 11 is 5.93. The van der Waals surface area contributed by atoms with Gasteiger partial charge in [-0.25, -0.2) is 9.98 Å². The Morgan fingerprint density at radius 1 is 1.42 bits per heavy atom. The monoisotopic (exact) mass is 343 g/mol. The number of halogens is 1. The molecule has 7 heteroatoms. The van der Waals surface area contributed by atoms with Crippen molar-refractivity contribution in [2.24, 2.45) is 4.99 Å². The number of amides is 1. The molecule has 0 saturated heterocycles. The number of furan rings is 1. The Morgan fingerprint density at radius 3 is 3.08 bits per heavy atom. The Hall–Kier alpha value is -2.86. The van der Waals surface area contributed by atoms with Crippen LogP contribution in [0.15, 0.2) is 52.0 Å². The lowest BCUT2D eigenvalue weighted by atomic mass is 10.2. The largest absolute Gasteiger partial charge is 0.483 e. The summed E-state index contributed by atoms with van der Waals surface area (Å²) in [5, 5.41) is 3.88. The topological polar surface area (TPSA) is 76.7 Å². The second kappa shape index (κ2) is 7.14. The lowest BCUT2D eigenvalue weighted by Crippen LogP contribution is -2.11. The molecule has 1 N–H and O–H groups in total. The molecule has 0 saturated carbocycles. The van der Waals surface area contributed by atoms with Crippen molar-refractivity contribution in [1.29, 1.82) is 0 Å². The first kappa shape index (κ1) is 16.0. The van der Waals surface area contributed by atoms with Crippen molar-refractivity contribution < 1.29 is 13.9 Å². The van der Waals surface area contributed by atoms with E-state index >= 15 is 0 Å². The molecule has 122 valence electrons. The summed E-state index contributed by atoms with van der Waals surface area (Å²) < 4.78 is 10.7. The Labute approximate surface area is 143 Å². The highest BCUT2D eigenvalue weighted by atomic mass is 35.5. The van der Waals surface area contributed by atoms with Crippen LogP contribution in [0.5, 0.6) is 0 Å². The number of nitrogens with one attached hydrogen (secondary N) is 1. The molecular formula is C17H14ClN3O3. The molecule has 0 bridgehead atoms. The lowest BCUT2D eigenvalue weighted by molar-refractivity contribution is 0.0999. The summed E-state index contributed by atoms with van der Waals surface area (Å²) in [6, 6.07) is 10.4. The Morgan fingerprint density at radius 2 is 2.29 bits per heavy atom. The van der Waals surface area contributed by atoms with E-state index in [0.29, 0.717) is 34.1 Å². The van der Waals surface area contributed by atoms with Gasteiger partial charge in [0.25, 0.3) is 5.91 Å². The van der Waals surface area contributed by atoms with Crippen molar-refractivity contribution in [1.82, 2.24) is 4.98 Å². The number of fused-ring (bicyclic) bond motifs is 1. The van der Waals surface area contributed by atoms with Gasteiger partial charge in [-0.1, -0.05) is 17.7 Å². The number of hydrogen-bond donors (Lipinski definition) is 1. The van der Waals surface area contributed by atoms with Crippen LogP contribution in [0.1, 0.15) is 17.5 Å². The summed E-state index contributed by atoms with van der Waals surface area (Å²) in [4.78, 5) is 20.9. The molecule has 0 fully saturated rings. The molecule has 2 aromatic heterocycles. The predicted octanol–water partition coefficient (Wildman–Crippen LogP) is 4.43. The van der Waals surface area contributed by atoms with E-state index in [-0.39, 0.29) is 5.76 Å². The summed E-state index contributed by atoms with van der Waals surface area (Å²) in [7, 11) is 0. The summed E-state index contributed by atoms with van der Waals surface area (Å²) in [5.74, 6) is -0.390. The van der Waals surface area contributed by atoms with Gasteiger partial charge < -0.3 is 14.5 Å². The smallest absolute Gasteiger partial charge is 0.293 e. The number of carbonyl (C=O) groups excluding carboxylic acids is 1. The van der Waals surface area contributed by atoms with Gasteiger partial charge in [-0.05, 0) is 37.3 Å². The van der Waals surface area contributed by atoms with E-state index in [4.69, 9.17) is 20.8 Å². The normalized spacial score (nSPS) is 11.1. The summed E-state index contributed by atoms with van der Waals surface area (Å²) in [6.07, 6.45) is 2.87. The zero-order valence-electron chi connectivity index (χ0n) is 12.8. The number of anilines is 1. The number of rotatable bonds is 5. The first-order valence-electron chi connectivity index (χ1n) is 7.27. The molecule has 0 unspecified atom stereocenters. The minimum absolute atomic E-state index is 0.0552. The van der Waals surface area contributed by atoms with Crippen molar-refractivity contribution in [2.45, 2.75) is 6.92 Å². The SMILES string of the molecule is CCOC=Nc1c(C(=O)Nc2cccc(Cl)c2)oc2ncccc12. The van der Waals surface area contributed by atoms with Crippen LogP contribution in [0.25, 0.3) is 11.1 Å². The van der Waals surface area contributed by atoms with Crippen LogP contribution in [0, 0.1) is 0 Å². The molecule has 24 heavy (non-hydrogen) atoms. The molecule has 2 heterocycles. The number of ether oxygens (including phenoxy) is 1. The zero-order valence-corrected chi connectivity index (χ0v) is 13.6. The first-order chi connectivity index (χ1) is 11.7. The molecule has 1 amide bonds. The van der Waals surface area contributed by atoms with E-state index in [0.717, 1.165) is 0 Å². The van der Waals surface area contributed by atoms with E-state index < -0.39 is 5.91 Å². The first-order valence-corrected chi connectivity index (χ1v) is 7.65. The molecule has 0 aliphatic rings. The van der Waals surface area contributed by atoms with Crippen molar-refractivity contribution in [3.63, 3.8) is 0 Å². The minimum atomic E-state index is -0.445. The van der Waals surface area contributed by atoms with Gasteiger partial charge in [0.05, 0.1) is 12.0 Å². The Kier molecular flexibility index (Phi) is 4.77. The highest BCUT2D eigenvalue weighted by Gasteiger charge is 2.21. The standard InChI is InChI=1S/C17H14ClN3O3/c1-2-23-10-20-14-13-7-4-8-19-17(13)24-15(14)16(22)21-12-6-3-5-11(18)9-12/h3-10H,2H2,1H3,(H,21,22). The third kappa shape index (κ3) is 3.38. The molecule has 3 rings (SSSR count). The fourth-order valence-electron chi connectivity index (χ4n) is 2.12. The van der Waals surface area contributed by atoms with Crippen LogP contribution < -0.4 is 5.32 Å². The van der Waals surface area contributed by atoms with Crippen molar-refractivity contribution in [3.8, 4) is 0 Å². The van der Waals surface area contributed by atoms with Gasteiger partial charge in [-0.15, -0.1) is 0 Å². The molecule has 0 aliphatic heterocycles. The molecular weight excluding hydrogens is 330 g/mol. The van der Waals surface area contributed by atoms with Gasteiger partial charge in [0.15, 0.2) is 6.40 Å². The van der Waals surface area contributed by atoms with E-state index in [1.54, 1.807) is 42.6 Å². The van der Waals surface area contributed by atoms with Crippen molar-refractivity contribution >= 4 is 46.4 Å². The number of hydrogen-bond acceptors (Lipinski definition) is 5. The third-order valence-corrected chi connectivity index (χ3v) is 3.39. The van der Waals surface area contributed by atoms with Gasteiger partial charge in [-0.2, -0.15) is 0 Å². The number of pyridine rings is 1. The van der Waals surface area contributed by atoms with E-state index in [2.05, 4.69) is 15.3 Å². The number of aromatic nitrogens is 1. The molecule has 0 aliphatic carbocycles. The Bertz CT molecular complexity index is 905. The molecule has 6 nitrogen and oxygen atoms in total. The van der Waals surface area contributed by atoms with Crippen LogP contribution >= 0.6 is 11.6 Å². The average molecular weight is 344 g/mol. The van der Waals surface area contributed by atoms with Crippen molar-refractivity contribution in [3.05, 3.63) is 53.4 Å². The van der Waals surface area contributed by atoms with E-state index in [1.165, 1.54) is 6.40 Å². The second-order valence-corrected chi connectivity index (χ2v) is 5.23. The molecule has 1 aromatic carbocycles. The maximum Gasteiger partial charge on any atom is 0.293 e. The second-order valence-electron chi connectivity index (χ2n) is 4.79. The third-order valence-electron chi connectivity index (χ3n) is 3.15. The van der Waals surface area contributed by atoms with Crippen LogP contribution in [0.3, 0.4) is 0 Å². The average Bonchev–Trinajstić information content (AvgIpc) is 2.94. The molecule has 0 spiro atoms. The molecule has 0 radical (unpaired) electrons. The predicted molar refractivity (Wildman–Crippen MR) is 93.2 cm³/mol. The highest BCUT2D eigenvalue weighted by molar-refractivity contribution is 6.31. The van der Waals surface area contributed by atoms with Crippen LogP contribution in [-0.4, -0.2) is 23.9 Å². The molecule has 0 atom stereocenters. The van der Waals surface area contributed by atoms with E-state index in [9.17, 15) is 4.79 Å². The Balaban J connectivity index is 1.98. The van der Waals surface area contributed by atoms with Crippen LogP contribution in [0.2, 0.25) is 5.02 Å². The van der Waals surface area contributed by atoms with Gasteiger partial charge in [0.2, 0.25) is 11.5 Å². The number of benzene rings is 1. The minimum Gasteiger partial charge on any atom is -0.483 e.